The second-order valence-corrected chi connectivity index (χ2v) is 6.16. The van der Waals surface area contributed by atoms with Gasteiger partial charge in [-0.2, -0.15) is 0 Å². The number of hydrogen-bond donors (Lipinski definition) is 3. The van der Waals surface area contributed by atoms with Crippen molar-refractivity contribution >= 4 is 11.9 Å². The van der Waals surface area contributed by atoms with Gasteiger partial charge in [-0.1, -0.05) is 6.42 Å². The van der Waals surface area contributed by atoms with Crippen molar-refractivity contribution in [3.63, 3.8) is 0 Å². The molecule has 1 fully saturated rings. The van der Waals surface area contributed by atoms with Gasteiger partial charge in [-0.3, -0.25) is 9.59 Å². The minimum atomic E-state index is -1.07. The third-order valence-corrected chi connectivity index (χ3v) is 4.14. The van der Waals surface area contributed by atoms with E-state index in [0.717, 1.165) is 6.42 Å². The van der Waals surface area contributed by atoms with Gasteiger partial charge in [-0.05, 0) is 40.5 Å². The first-order valence-corrected chi connectivity index (χ1v) is 6.33. The van der Waals surface area contributed by atoms with Crippen molar-refractivity contribution in [1.82, 2.24) is 5.32 Å². The molecule has 2 atom stereocenters. The van der Waals surface area contributed by atoms with Crippen molar-refractivity contribution < 1.29 is 19.8 Å². The molecule has 104 valence electrons. The molecule has 0 saturated heterocycles. The van der Waals surface area contributed by atoms with Gasteiger partial charge in [0.15, 0.2) is 0 Å². The Hall–Kier alpha value is -1.10. The lowest BCUT2D eigenvalue weighted by Gasteiger charge is -2.39. The molecule has 1 aliphatic rings. The van der Waals surface area contributed by atoms with Crippen LogP contribution in [0.15, 0.2) is 0 Å². The van der Waals surface area contributed by atoms with E-state index in [9.17, 15) is 14.7 Å². The van der Waals surface area contributed by atoms with E-state index in [4.69, 9.17) is 5.11 Å². The van der Waals surface area contributed by atoms with Crippen molar-refractivity contribution in [2.75, 3.05) is 0 Å². The zero-order valence-corrected chi connectivity index (χ0v) is 11.5. The zero-order chi connectivity index (χ0) is 14.1. The largest absolute Gasteiger partial charge is 0.481 e. The Bertz CT molecular complexity index is 343. The maximum Gasteiger partial charge on any atom is 0.307 e. The standard InChI is InChI=1S/C13H23NO4/c1-12(2,13(3,4)18)14-10(15)8-6-5-7-9(8)11(16)17/h8-9,18H,5-7H2,1-4H3,(H,14,15)(H,16,17)/t8-,9+/m1/s1. The van der Waals surface area contributed by atoms with E-state index in [1.165, 1.54) is 0 Å². The highest BCUT2D eigenvalue weighted by Gasteiger charge is 2.42. The summed E-state index contributed by atoms with van der Waals surface area (Å²) in [4.78, 5) is 23.2. The maximum absolute atomic E-state index is 12.1. The first kappa shape index (κ1) is 15.0. The van der Waals surface area contributed by atoms with E-state index in [2.05, 4.69) is 5.32 Å². The lowest BCUT2D eigenvalue weighted by molar-refractivity contribution is -0.147. The molecule has 0 heterocycles. The van der Waals surface area contributed by atoms with E-state index in [0.29, 0.717) is 12.8 Å². The monoisotopic (exact) mass is 257 g/mol. The molecule has 0 spiro atoms. The lowest BCUT2D eigenvalue weighted by Crippen LogP contribution is -2.59. The highest BCUT2D eigenvalue weighted by Crippen LogP contribution is 2.33. The number of amides is 1. The summed E-state index contributed by atoms with van der Waals surface area (Å²) < 4.78 is 0. The third-order valence-electron chi connectivity index (χ3n) is 4.14. The second-order valence-electron chi connectivity index (χ2n) is 6.16. The molecule has 0 aromatic heterocycles. The number of aliphatic hydroxyl groups is 1. The molecule has 3 N–H and O–H groups in total. The number of carbonyl (C=O) groups is 2. The van der Waals surface area contributed by atoms with E-state index >= 15 is 0 Å². The van der Waals surface area contributed by atoms with E-state index in [-0.39, 0.29) is 5.91 Å². The predicted molar refractivity (Wildman–Crippen MR) is 67.0 cm³/mol. The van der Waals surface area contributed by atoms with Crippen molar-refractivity contribution in [3.05, 3.63) is 0 Å². The summed E-state index contributed by atoms with van der Waals surface area (Å²) in [5.41, 5.74) is -1.87. The van der Waals surface area contributed by atoms with Crippen LogP contribution in [0.1, 0.15) is 47.0 Å². The molecule has 1 rings (SSSR count). The Kier molecular flexibility index (Phi) is 4.05. The SMILES string of the molecule is CC(C)(O)C(C)(C)NC(=O)[C@@H]1CCC[C@@H]1C(=O)O. The number of hydrogen-bond acceptors (Lipinski definition) is 3. The lowest BCUT2D eigenvalue weighted by atomic mass is 9.84. The summed E-state index contributed by atoms with van der Waals surface area (Å²) in [5.74, 6) is -2.26. The molecule has 5 nitrogen and oxygen atoms in total. The van der Waals surface area contributed by atoms with E-state index < -0.39 is 28.9 Å². The van der Waals surface area contributed by atoms with Crippen molar-refractivity contribution in [3.8, 4) is 0 Å². The van der Waals surface area contributed by atoms with Crippen LogP contribution in [-0.4, -0.2) is 33.2 Å². The van der Waals surface area contributed by atoms with Crippen LogP contribution in [0.4, 0.5) is 0 Å². The first-order valence-electron chi connectivity index (χ1n) is 6.33. The van der Waals surface area contributed by atoms with Gasteiger partial charge in [0, 0.05) is 0 Å². The Balaban J connectivity index is 2.74. The average molecular weight is 257 g/mol. The zero-order valence-electron chi connectivity index (χ0n) is 11.5. The van der Waals surface area contributed by atoms with Gasteiger partial charge < -0.3 is 15.5 Å². The molecule has 0 unspecified atom stereocenters. The molecule has 5 heteroatoms. The molecule has 1 saturated carbocycles. The smallest absolute Gasteiger partial charge is 0.307 e. The normalized spacial score (nSPS) is 24.9. The van der Waals surface area contributed by atoms with Crippen LogP contribution in [0.3, 0.4) is 0 Å². The van der Waals surface area contributed by atoms with Gasteiger partial charge in [-0.25, -0.2) is 0 Å². The van der Waals surface area contributed by atoms with Gasteiger partial charge >= 0.3 is 5.97 Å². The summed E-state index contributed by atoms with van der Waals surface area (Å²) in [5, 5.41) is 21.8. The summed E-state index contributed by atoms with van der Waals surface area (Å²) in [7, 11) is 0. The first-order chi connectivity index (χ1) is 8.06. The van der Waals surface area contributed by atoms with Crippen molar-refractivity contribution in [1.29, 1.82) is 0 Å². The van der Waals surface area contributed by atoms with Gasteiger partial charge in [0.25, 0.3) is 0 Å². The third kappa shape index (κ3) is 3.02. The van der Waals surface area contributed by atoms with Crippen LogP contribution in [-0.2, 0) is 9.59 Å². The number of aliphatic carboxylic acids is 1. The number of carboxylic acids is 1. The van der Waals surface area contributed by atoms with E-state index in [1.807, 2.05) is 0 Å². The molecule has 18 heavy (non-hydrogen) atoms. The highest BCUT2D eigenvalue weighted by molar-refractivity contribution is 5.85. The molecule has 1 amide bonds. The molecule has 0 bridgehead atoms. The fourth-order valence-corrected chi connectivity index (χ4v) is 2.12. The van der Waals surface area contributed by atoms with Gasteiger partial charge in [0.1, 0.15) is 0 Å². The van der Waals surface area contributed by atoms with Gasteiger partial charge in [0.05, 0.1) is 23.0 Å². The van der Waals surface area contributed by atoms with Crippen molar-refractivity contribution in [2.24, 2.45) is 11.8 Å². The summed E-state index contributed by atoms with van der Waals surface area (Å²) in [6, 6.07) is 0. The molecule has 0 radical (unpaired) electrons. The Morgan fingerprint density at radius 3 is 2.06 bits per heavy atom. The molecular weight excluding hydrogens is 234 g/mol. The van der Waals surface area contributed by atoms with Crippen LogP contribution in [0, 0.1) is 11.8 Å². The average Bonchev–Trinajstić information content (AvgIpc) is 2.62. The number of carbonyl (C=O) groups excluding carboxylic acids is 1. The van der Waals surface area contributed by atoms with Gasteiger partial charge in [0.2, 0.25) is 5.91 Å². The van der Waals surface area contributed by atoms with Crippen LogP contribution < -0.4 is 5.32 Å². The Labute approximate surface area is 108 Å². The fourth-order valence-electron chi connectivity index (χ4n) is 2.12. The highest BCUT2D eigenvalue weighted by atomic mass is 16.4. The van der Waals surface area contributed by atoms with E-state index in [1.54, 1.807) is 27.7 Å². The Morgan fingerprint density at radius 2 is 1.61 bits per heavy atom. The summed E-state index contributed by atoms with van der Waals surface area (Å²) in [6.07, 6.45) is 1.92. The minimum absolute atomic E-state index is 0.271. The van der Waals surface area contributed by atoms with Gasteiger partial charge in [-0.15, -0.1) is 0 Å². The molecule has 0 aliphatic heterocycles. The summed E-state index contributed by atoms with van der Waals surface area (Å²) in [6.45, 7) is 6.71. The number of rotatable bonds is 4. The van der Waals surface area contributed by atoms with Crippen molar-refractivity contribution in [2.45, 2.75) is 58.1 Å². The second kappa shape index (κ2) is 4.88. The topological polar surface area (TPSA) is 86.6 Å². The predicted octanol–water partition coefficient (Wildman–Crippen LogP) is 1.15. The molecule has 1 aliphatic carbocycles. The van der Waals surface area contributed by atoms with Crippen LogP contribution in [0.25, 0.3) is 0 Å². The van der Waals surface area contributed by atoms with Crippen LogP contribution >= 0.6 is 0 Å². The molecule has 0 aromatic rings. The Morgan fingerprint density at radius 1 is 1.11 bits per heavy atom. The minimum Gasteiger partial charge on any atom is -0.481 e. The quantitative estimate of drug-likeness (QED) is 0.705. The summed E-state index contributed by atoms with van der Waals surface area (Å²) >= 11 is 0. The van der Waals surface area contributed by atoms with Crippen LogP contribution in [0.5, 0.6) is 0 Å². The molecule has 0 aromatic carbocycles. The maximum atomic E-state index is 12.1. The molecular formula is C13H23NO4. The number of nitrogens with one attached hydrogen (secondary N) is 1. The fraction of sp³-hybridized carbons (Fsp3) is 0.846. The van der Waals surface area contributed by atoms with Crippen LogP contribution in [0.2, 0.25) is 0 Å². The number of carboxylic acid groups (broad SMARTS) is 1.